The molecule has 0 saturated carbocycles. The first kappa shape index (κ1) is 15.2. The quantitative estimate of drug-likeness (QED) is 0.909. The zero-order chi connectivity index (χ0) is 15.6. The van der Waals surface area contributed by atoms with Crippen molar-refractivity contribution >= 4 is 17.5 Å². The summed E-state index contributed by atoms with van der Waals surface area (Å²) in [6.07, 6.45) is 0.529. The average molecular weight is 292 g/mol. The van der Waals surface area contributed by atoms with Gasteiger partial charge in [0.05, 0.1) is 14.2 Å². The van der Waals surface area contributed by atoms with Gasteiger partial charge in [0.15, 0.2) is 11.5 Å². The lowest BCUT2D eigenvalue weighted by Crippen LogP contribution is -2.65. The zero-order valence-corrected chi connectivity index (χ0v) is 12.7. The van der Waals surface area contributed by atoms with Crippen LogP contribution in [0, 0.1) is 0 Å². The molecular formula is C15H20N2O4. The largest absolute Gasteiger partial charge is 0.493 e. The van der Waals surface area contributed by atoms with Gasteiger partial charge in [-0.15, -0.1) is 0 Å². The second-order valence-corrected chi connectivity index (χ2v) is 5.16. The van der Waals surface area contributed by atoms with Crippen LogP contribution in [0.25, 0.3) is 0 Å². The number of ether oxygens (including phenoxy) is 2. The molecule has 0 bridgehead atoms. The number of nitrogens with one attached hydrogen (secondary N) is 1. The summed E-state index contributed by atoms with van der Waals surface area (Å²) in [6.45, 7) is 3.61. The van der Waals surface area contributed by atoms with Crippen LogP contribution in [0.1, 0.15) is 20.3 Å². The molecule has 1 atom stereocenters. The van der Waals surface area contributed by atoms with Gasteiger partial charge in [-0.25, -0.2) is 0 Å². The molecule has 1 heterocycles. The first-order valence-electron chi connectivity index (χ1n) is 6.80. The molecule has 2 rings (SSSR count). The second-order valence-electron chi connectivity index (χ2n) is 5.16. The van der Waals surface area contributed by atoms with Crippen molar-refractivity contribution in [2.45, 2.75) is 25.8 Å². The lowest BCUT2D eigenvalue weighted by atomic mass is 9.94. The molecule has 1 saturated heterocycles. The van der Waals surface area contributed by atoms with Crippen LogP contribution in [0.5, 0.6) is 11.5 Å². The van der Waals surface area contributed by atoms with Gasteiger partial charge in [0.2, 0.25) is 5.91 Å². The van der Waals surface area contributed by atoms with Crippen molar-refractivity contribution in [1.82, 2.24) is 5.32 Å². The summed E-state index contributed by atoms with van der Waals surface area (Å²) < 4.78 is 10.4. The average Bonchev–Trinajstić information content (AvgIpc) is 2.50. The number of carbonyl (C=O) groups is 2. The molecule has 0 spiro atoms. The van der Waals surface area contributed by atoms with E-state index in [0.29, 0.717) is 23.6 Å². The molecule has 1 aliphatic heterocycles. The first-order valence-corrected chi connectivity index (χ1v) is 6.80. The van der Waals surface area contributed by atoms with Crippen LogP contribution in [-0.4, -0.2) is 38.1 Å². The van der Waals surface area contributed by atoms with Crippen LogP contribution in [0.3, 0.4) is 0 Å². The molecule has 2 amide bonds. The Bertz CT molecular complexity index is 573. The molecule has 0 radical (unpaired) electrons. The molecule has 1 aromatic carbocycles. The molecule has 1 aliphatic rings. The van der Waals surface area contributed by atoms with E-state index < -0.39 is 5.54 Å². The maximum Gasteiger partial charge on any atom is 0.252 e. The summed E-state index contributed by atoms with van der Waals surface area (Å²) in [4.78, 5) is 26.0. The second kappa shape index (κ2) is 5.63. The van der Waals surface area contributed by atoms with Crippen LogP contribution in [0.4, 0.5) is 5.69 Å². The fraction of sp³-hybridized carbons (Fsp3) is 0.467. The fourth-order valence-electron chi connectivity index (χ4n) is 2.35. The Morgan fingerprint density at radius 1 is 1.24 bits per heavy atom. The molecule has 21 heavy (non-hydrogen) atoms. The number of hydrogen-bond donors (Lipinski definition) is 1. The minimum Gasteiger partial charge on any atom is -0.493 e. The number of piperazine rings is 1. The van der Waals surface area contributed by atoms with E-state index in [1.54, 1.807) is 32.2 Å². The number of methoxy groups -OCH3 is 2. The van der Waals surface area contributed by atoms with Crippen LogP contribution in [0.15, 0.2) is 18.2 Å². The zero-order valence-electron chi connectivity index (χ0n) is 12.7. The molecule has 6 heteroatoms. The highest BCUT2D eigenvalue weighted by Crippen LogP contribution is 2.33. The summed E-state index contributed by atoms with van der Waals surface area (Å²) in [6, 6.07) is 5.16. The Morgan fingerprint density at radius 2 is 1.90 bits per heavy atom. The maximum absolute atomic E-state index is 12.6. The number of benzene rings is 1. The summed E-state index contributed by atoms with van der Waals surface area (Å²) in [7, 11) is 3.08. The molecule has 1 unspecified atom stereocenters. The van der Waals surface area contributed by atoms with Crippen molar-refractivity contribution in [2.24, 2.45) is 0 Å². The van der Waals surface area contributed by atoms with Crippen LogP contribution in [-0.2, 0) is 9.59 Å². The molecular weight excluding hydrogens is 272 g/mol. The number of carbonyl (C=O) groups excluding carboxylic acids is 2. The number of hydrogen-bond acceptors (Lipinski definition) is 4. The topological polar surface area (TPSA) is 67.9 Å². The predicted octanol–water partition coefficient (Wildman–Crippen LogP) is 1.34. The van der Waals surface area contributed by atoms with Crippen LogP contribution >= 0.6 is 0 Å². The third kappa shape index (κ3) is 2.66. The molecule has 1 aromatic rings. The minimum atomic E-state index is -0.873. The Morgan fingerprint density at radius 3 is 2.48 bits per heavy atom. The van der Waals surface area contributed by atoms with Gasteiger partial charge in [0.25, 0.3) is 5.91 Å². The van der Waals surface area contributed by atoms with Gasteiger partial charge in [0, 0.05) is 11.8 Å². The monoisotopic (exact) mass is 292 g/mol. The Labute approximate surface area is 124 Å². The maximum atomic E-state index is 12.6. The van der Waals surface area contributed by atoms with E-state index in [1.807, 2.05) is 6.92 Å². The number of nitrogens with zero attached hydrogens (tertiary/aromatic N) is 1. The normalized spacial score (nSPS) is 22.0. The number of anilines is 1. The van der Waals surface area contributed by atoms with E-state index in [-0.39, 0.29) is 18.4 Å². The van der Waals surface area contributed by atoms with Gasteiger partial charge in [-0.3, -0.25) is 9.59 Å². The Kier molecular flexibility index (Phi) is 4.06. The molecule has 1 fully saturated rings. The SMILES string of the molecule is CCC1(C)NC(=O)CN(c2ccc(OC)c(OC)c2)C1=O. The Balaban J connectivity index is 2.40. The van der Waals surface area contributed by atoms with Crippen molar-refractivity contribution in [2.75, 3.05) is 25.7 Å². The highest BCUT2D eigenvalue weighted by Gasteiger charge is 2.42. The lowest BCUT2D eigenvalue weighted by Gasteiger charge is -2.39. The lowest BCUT2D eigenvalue weighted by molar-refractivity contribution is -0.135. The van der Waals surface area contributed by atoms with E-state index in [2.05, 4.69) is 5.32 Å². The third-order valence-electron chi connectivity index (χ3n) is 3.82. The molecule has 1 N–H and O–H groups in total. The van der Waals surface area contributed by atoms with E-state index in [9.17, 15) is 9.59 Å². The highest BCUT2D eigenvalue weighted by atomic mass is 16.5. The van der Waals surface area contributed by atoms with E-state index >= 15 is 0 Å². The first-order chi connectivity index (χ1) is 9.95. The smallest absolute Gasteiger partial charge is 0.252 e. The van der Waals surface area contributed by atoms with Crippen molar-refractivity contribution in [1.29, 1.82) is 0 Å². The minimum absolute atomic E-state index is 0.00388. The van der Waals surface area contributed by atoms with Crippen LogP contribution < -0.4 is 19.7 Å². The number of rotatable bonds is 4. The fourth-order valence-corrected chi connectivity index (χ4v) is 2.35. The summed E-state index contributed by atoms with van der Waals surface area (Å²) in [5.41, 5.74) is -0.255. The van der Waals surface area contributed by atoms with Crippen molar-refractivity contribution in [3.63, 3.8) is 0 Å². The Hall–Kier alpha value is -2.24. The highest BCUT2D eigenvalue weighted by molar-refractivity contribution is 6.09. The standard InChI is InChI=1S/C15H20N2O4/c1-5-15(2)14(19)17(9-13(18)16-15)10-6-7-11(20-3)12(8-10)21-4/h6-8H,5,9H2,1-4H3,(H,16,18). The summed E-state index contributed by atoms with van der Waals surface area (Å²) in [5.74, 6) is 0.797. The number of amides is 2. The van der Waals surface area contributed by atoms with Crippen molar-refractivity contribution < 1.29 is 19.1 Å². The van der Waals surface area contributed by atoms with Crippen LogP contribution in [0.2, 0.25) is 0 Å². The molecule has 0 aliphatic carbocycles. The van der Waals surface area contributed by atoms with E-state index in [4.69, 9.17) is 9.47 Å². The van der Waals surface area contributed by atoms with E-state index in [1.165, 1.54) is 12.0 Å². The summed E-state index contributed by atoms with van der Waals surface area (Å²) >= 11 is 0. The van der Waals surface area contributed by atoms with Gasteiger partial charge in [0.1, 0.15) is 12.1 Å². The van der Waals surface area contributed by atoms with Crippen molar-refractivity contribution in [3.05, 3.63) is 18.2 Å². The molecule has 0 aromatic heterocycles. The van der Waals surface area contributed by atoms with Gasteiger partial charge in [-0.1, -0.05) is 6.92 Å². The third-order valence-corrected chi connectivity index (χ3v) is 3.82. The van der Waals surface area contributed by atoms with E-state index in [0.717, 1.165) is 0 Å². The van der Waals surface area contributed by atoms with Gasteiger partial charge < -0.3 is 19.7 Å². The van der Waals surface area contributed by atoms with Crippen molar-refractivity contribution in [3.8, 4) is 11.5 Å². The predicted molar refractivity (Wildman–Crippen MR) is 78.7 cm³/mol. The van der Waals surface area contributed by atoms with Gasteiger partial charge >= 0.3 is 0 Å². The van der Waals surface area contributed by atoms with Gasteiger partial charge in [-0.2, -0.15) is 0 Å². The molecule has 6 nitrogen and oxygen atoms in total. The summed E-state index contributed by atoms with van der Waals surface area (Å²) in [5, 5.41) is 2.76. The van der Waals surface area contributed by atoms with Gasteiger partial charge in [-0.05, 0) is 25.5 Å². The molecule has 114 valence electrons.